The minimum Gasteiger partial charge on any atom is -0.166 e. The molecule has 0 bridgehead atoms. The Hall–Kier alpha value is -1.25. The van der Waals surface area contributed by atoms with Gasteiger partial charge in [0.05, 0.1) is 5.56 Å². The van der Waals surface area contributed by atoms with Crippen molar-refractivity contribution in [2.45, 2.75) is 25.9 Å². The fourth-order valence-electron chi connectivity index (χ4n) is 1.99. The van der Waals surface area contributed by atoms with E-state index in [0.717, 1.165) is 30.5 Å². The van der Waals surface area contributed by atoms with Crippen LogP contribution in [-0.2, 0) is 6.18 Å². The highest BCUT2D eigenvalue weighted by Crippen LogP contribution is 2.34. The summed E-state index contributed by atoms with van der Waals surface area (Å²) in [5, 5.41) is 0. The Bertz CT molecular complexity index is 398. The van der Waals surface area contributed by atoms with E-state index in [-0.39, 0.29) is 0 Å². The Morgan fingerprint density at radius 1 is 1.12 bits per heavy atom. The van der Waals surface area contributed by atoms with Crippen molar-refractivity contribution in [3.63, 3.8) is 0 Å². The summed E-state index contributed by atoms with van der Waals surface area (Å²) in [4.78, 5) is 0. The van der Waals surface area contributed by atoms with Crippen molar-refractivity contribution < 1.29 is 13.2 Å². The molecular formula is C13H13F3. The Morgan fingerprint density at radius 2 is 1.75 bits per heavy atom. The molecule has 0 amide bonds. The van der Waals surface area contributed by atoms with Crippen molar-refractivity contribution in [2.24, 2.45) is 5.92 Å². The smallest absolute Gasteiger partial charge is 0.166 e. The van der Waals surface area contributed by atoms with E-state index in [0.29, 0.717) is 5.92 Å². The van der Waals surface area contributed by atoms with Crippen LogP contribution < -0.4 is 0 Å². The van der Waals surface area contributed by atoms with Gasteiger partial charge < -0.3 is 0 Å². The minimum absolute atomic E-state index is 0.581. The summed E-state index contributed by atoms with van der Waals surface area (Å²) in [6.07, 6.45) is -0.134. The molecule has 1 aromatic rings. The maximum Gasteiger partial charge on any atom is 0.416 e. The van der Waals surface area contributed by atoms with Gasteiger partial charge in [-0.15, -0.1) is 0 Å². The van der Waals surface area contributed by atoms with E-state index in [1.807, 2.05) is 0 Å². The standard InChI is InChI=1S/C13H13F3/c1-9-2-3-11(8-9)10-4-6-12(7-5-10)13(14,15)16/h3-7,9H,2,8H2,1H3. The first kappa shape index (κ1) is 11.2. The molecule has 0 saturated heterocycles. The number of hydrogen-bond donors (Lipinski definition) is 0. The molecule has 0 spiro atoms. The highest BCUT2D eigenvalue weighted by molar-refractivity contribution is 5.67. The average molecular weight is 226 g/mol. The number of alkyl halides is 3. The monoisotopic (exact) mass is 226 g/mol. The van der Waals surface area contributed by atoms with Crippen molar-refractivity contribution in [1.82, 2.24) is 0 Å². The van der Waals surface area contributed by atoms with Crippen LogP contribution >= 0.6 is 0 Å². The first-order valence-corrected chi connectivity index (χ1v) is 5.33. The Labute approximate surface area is 92.8 Å². The van der Waals surface area contributed by atoms with Crippen LogP contribution in [0.5, 0.6) is 0 Å². The zero-order valence-corrected chi connectivity index (χ0v) is 9.01. The molecule has 1 aliphatic rings. The topological polar surface area (TPSA) is 0 Å². The molecule has 0 fully saturated rings. The molecule has 0 aromatic heterocycles. The molecule has 2 rings (SSSR count). The summed E-state index contributed by atoms with van der Waals surface area (Å²) in [5.74, 6) is 0.609. The fourth-order valence-corrected chi connectivity index (χ4v) is 1.99. The van der Waals surface area contributed by atoms with Gasteiger partial charge in [-0.05, 0) is 42.0 Å². The van der Waals surface area contributed by atoms with E-state index in [2.05, 4.69) is 13.0 Å². The van der Waals surface area contributed by atoms with Crippen molar-refractivity contribution >= 4 is 5.57 Å². The van der Waals surface area contributed by atoms with Crippen LogP contribution in [0.25, 0.3) is 5.57 Å². The van der Waals surface area contributed by atoms with Crippen LogP contribution in [0, 0.1) is 5.92 Å². The molecule has 0 N–H and O–H groups in total. The number of allylic oxidation sites excluding steroid dienone is 2. The lowest BCUT2D eigenvalue weighted by Gasteiger charge is -2.08. The van der Waals surface area contributed by atoms with Gasteiger partial charge in [-0.1, -0.05) is 25.1 Å². The molecule has 86 valence electrons. The van der Waals surface area contributed by atoms with E-state index < -0.39 is 11.7 Å². The minimum atomic E-state index is -4.24. The summed E-state index contributed by atoms with van der Waals surface area (Å²) in [7, 11) is 0. The van der Waals surface area contributed by atoms with Crippen LogP contribution in [0.3, 0.4) is 0 Å². The second-order valence-corrected chi connectivity index (χ2v) is 4.35. The van der Waals surface area contributed by atoms with Gasteiger partial charge >= 0.3 is 6.18 Å². The van der Waals surface area contributed by atoms with Crippen LogP contribution in [-0.4, -0.2) is 0 Å². The Kier molecular flexibility index (Phi) is 2.78. The summed E-state index contributed by atoms with van der Waals surface area (Å²) >= 11 is 0. The molecule has 1 unspecified atom stereocenters. The van der Waals surface area contributed by atoms with Crippen molar-refractivity contribution in [2.75, 3.05) is 0 Å². The molecule has 3 heteroatoms. The molecule has 0 nitrogen and oxygen atoms in total. The summed E-state index contributed by atoms with van der Waals surface area (Å²) in [6, 6.07) is 5.43. The van der Waals surface area contributed by atoms with E-state index >= 15 is 0 Å². The van der Waals surface area contributed by atoms with Gasteiger partial charge in [0, 0.05) is 0 Å². The van der Waals surface area contributed by atoms with Gasteiger partial charge in [-0.2, -0.15) is 13.2 Å². The van der Waals surface area contributed by atoms with Crippen LogP contribution in [0.1, 0.15) is 30.9 Å². The third kappa shape index (κ3) is 2.29. The lowest BCUT2D eigenvalue weighted by atomic mass is 10.0. The van der Waals surface area contributed by atoms with Crippen molar-refractivity contribution in [3.8, 4) is 0 Å². The molecule has 0 aliphatic heterocycles. The van der Waals surface area contributed by atoms with Gasteiger partial charge in [-0.3, -0.25) is 0 Å². The Morgan fingerprint density at radius 3 is 2.19 bits per heavy atom. The first-order chi connectivity index (χ1) is 7.47. The molecule has 1 atom stereocenters. The maximum atomic E-state index is 12.3. The molecule has 0 saturated carbocycles. The van der Waals surface area contributed by atoms with Crippen molar-refractivity contribution in [3.05, 3.63) is 41.5 Å². The van der Waals surface area contributed by atoms with Gasteiger partial charge in [-0.25, -0.2) is 0 Å². The Balaban J connectivity index is 2.20. The molecular weight excluding hydrogens is 213 g/mol. The summed E-state index contributed by atoms with van der Waals surface area (Å²) in [6.45, 7) is 2.15. The molecule has 1 aliphatic carbocycles. The normalized spacial score (nSPS) is 21.0. The van der Waals surface area contributed by atoms with Crippen LogP contribution in [0.2, 0.25) is 0 Å². The largest absolute Gasteiger partial charge is 0.416 e. The van der Waals surface area contributed by atoms with Gasteiger partial charge in [0.1, 0.15) is 0 Å². The number of benzene rings is 1. The summed E-state index contributed by atoms with van der Waals surface area (Å²) in [5.41, 5.74) is 1.50. The highest BCUT2D eigenvalue weighted by Gasteiger charge is 2.30. The predicted octanol–water partition coefficient (Wildman–Crippen LogP) is 4.52. The zero-order valence-electron chi connectivity index (χ0n) is 9.01. The van der Waals surface area contributed by atoms with E-state index in [1.54, 1.807) is 12.1 Å². The number of hydrogen-bond acceptors (Lipinski definition) is 0. The van der Waals surface area contributed by atoms with Gasteiger partial charge in [0.15, 0.2) is 0 Å². The van der Waals surface area contributed by atoms with Gasteiger partial charge in [0.25, 0.3) is 0 Å². The lowest BCUT2D eigenvalue weighted by molar-refractivity contribution is -0.137. The lowest BCUT2D eigenvalue weighted by Crippen LogP contribution is -2.04. The molecule has 0 heterocycles. The third-order valence-electron chi connectivity index (χ3n) is 2.92. The van der Waals surface area contributed by atoms with Gasteiger partial charge in [0.2, 0.25) is 0 Å². The fraction of sp³-hybridized carbons (Fsp3) is 0.385. The number of rotatable bonds is 1. The first-order valence-electron chi connectivity index (χ1n) is 5.33. The average Bonchev–Trinajstić information content (AvgIpc) is 2.64. The van der Waals surface area contributed by atoms with E-state index in [9.17, 15) is 13.2 Å². The third-order valence-corrected chi connectivity index (χ3v) is 2.92. The van der Waals surface area contributed by atoms with E-state index in [4.69, 9.17) is 0 Å². The SMILES string of the molecule is CC1CC=C(c2ccc(C(F)(F)F)cc2)C1. The zero-order chi connectivity index (χ0) is 11.8. The van der Waals surface area contributed by atoms with E-state index in [1.165, 1.54) is 5.57 Å². The highest BCUT2D eigenvalue weighted by atomic mass is 19.4. The quantitative estimate of drug-likeness (QED) is 0.660. The molecule has 0 radical (unpaired) electrons. The molecule has 16 heavy (non-hydrogen) atoms. The predicted molar refractivity (Wildman–Crippen MR) is 57.8 cm³/mol. The maximum absolute atomic E-state index is 12.3. The van der Waals surface area contributed by atoms with Crippen LogP contribution in [0.15, 0.2) is 30.3 Å². The van der Waals surface area contributed by atoms with Crippen LogP contribution in [0.4, 0.5) is 13.2 Å². The second kappa shape index (κ2) is 3.96. The number of halogens is 3. The molecule has 1 aromatic carbocycles. The summed E-state index contributed by atoms with van der Waals surface area (Å²) < 4.78 is 37.0. The second-order valence-electron chi connectivity index (χ2n) is 4.35. The van der Waals surface area contributed by atoms with Crippen molar-refractivity contribution in [1.29, 1.82) is 0 Å².